The Hall–Kier alpha value is -3.11. The number of benzene rings is 1. The van der Waals surface area contributed by atoms with E-state index in [4.69, 9.17) is 9.72 Å². The van der Waals surface area contributed by atoms with Gasteiger partial charge >= 0.3 is 6.09 Å². The van der Waals surface area contributed by atoms with Crippen LogP contribution in [0.5, 0.6) is 0 Å². The van der Waals surface area contributed by atoms with Gasteiger partial charge in [-0.3, -0.25) is 0 Å². The number of para-hydroxylation sites is 1. The number of amides is 1. The van der Waals surface area contributed by atoms with Crippen LogP contribution in [0.25, 0.3) is 27.3 Å². The average Bonchev–Trinajstić information content (AvgIpc) is 3.32. The Labute approximate surface area is 165 Å². The Kier molecular flexibility index (Phi) is 6.12. The highest BCUT2D eigenvalue weighted by molar-refractivity contribution is 7.40. The van der Waals surface area contributed by atoms with Gasteiger partial charge in [-0.05, 0) is 36.8 Å². The molecule has 3 aromatic rings. The molecular formula is C21H23N4O2P. The number of ether oxygens (including phenoxy) is 1. The van der Waals surface area contributed by atoms with Crippen molar-refractivity contribution in [2.45, 2.75) is 13.3 Å². The number of hydrogen-bond acceptors (Lipinski definition) is 4. The van der Waals surface area contributed by atoms with Crippen molar-refractivity contribution in [3.8, 4) is 11.0 Å². The first-order valence-electron chi connectivity index (χ1n) is 8.94. The molecule has 0 spiro atoms. The number of hydrogen-bond donors (Lipinski definition) is 0. The maximum Gasteiger partial charge on any atom is 0.414 e. The van der Waals surface area contributed by atoms with E-state index in [-0.39, 0.29) is 0 Å². The van der Waals surface area contributed by atoms with Gasteiger partial charge in [0, 0.05) is 31.0 Å². The van der Waals surface area contributed by atoms with Crippen molar-refractivity contribution in [1.29, 1.82) is 0 Å². The summed E-state index contributed by atoms with van der Waals surface area (Å²) in [5, 5.41) is 5.64. The molecule has 1 aromatic carbocycles. The van der Waals surface area contributed by atoms with E-state index < -0.39 is 6.09 Å². The van der Waals surface area contributed by atoms with Gasteiger partial charge in [0.2, 0.25) is 0 Å². The fourth-order valence-corrected chi connectivity index (χ4v) is 3.64. The van der Waals surface area contributed by atoms with E-state index in [1.54, 1.807) is 37.1 Å². The lowest BCUT2D eigenvalue weighted by Crippen LogP contribution is -2.22. The maximum absolute atomic E-state index is 11.8. The van der Waals surface area contributed by atoms with Gasteiger partial charge in [-0.25, -0.2) is 14.5 Å². The minimum absolute atomic E-state index is 0.420. The zero-order chi connectivity index (χ0) is 20.1. The number of carbonyl (C=O) groups is 1. The SMILES string of the molecule is C=C(/C=C\C(=C/CC)OC(=O)N(C)C)n1cc(-c2nc3ccccc3[pH]2)cn1. The number of rotatable bonds is 6. The first kappa shape index (κ1) is 19.6. The summed E-state index contributed by atoms with van der Waals surface area (Å²) in [4.78, 5) is 17.8. The van der Waals surface area contributed by atoms with Gasteiger partial charge in [-0.15, -0.1) is 8.19 Å². The van der Waals surface area contributed by atoms with Crippen LogP contribution in [0.1, 0.15) is 13.3 Å². The van der Waals surface area contributed by atoms with E-state index >= 15 is 0 Å². The normalized spacial score (nSPS) is 12.2. The van der Waals surface area contributed by atoms with E-state index in [0.29, 0.717) is 19.6 Å². The molecule has 0 aliphatic rings. The summed E-state index contributed by atoms with van der Waals surface area (Å²) in [6.07, 6.45) is 9.38. The Morgan fingerprint density at radius 2 is 2.11 bits per heavy atom. The second-order valence-corrected chi connectivity index (χ2v) is 7.64. The summed E-state index contributed by atoms with van der Waals surface area (Å²) in [5.41, 5.74) is 3.69. The van der Waals surface area contributed by atoms with Crippen LogP contribution in [0.15, 0.2) is 67.2 Å². The highest BCUT2D eigenvalue weighted by Gasteiger charge is 2.09. The van der Waals surface area contributed by atoms with Crippen LogP contribution in [0.4, 0.5) is 4.79 Å². The third kappa shape index (κ3) is 4.59. The Morgan fingerprint density at radius 1 is 1.32 bits per heavy atom. The molecule has 1 unspecified atom stereocenters. The molecule has 28 heavy (non-hydrogen) atoms. The minimum atomic E-state index is -0.420. The number of fused-ring (bicyclic) bond motifs is 1. The molecule has 7 heteroatoms. The molecular weight excluding hydrogens is 371 g/mol. The lowest BCUT2D eigenvalue weighted by Gasteiger charge is -2.11. The summed E-state index contributed by atoms with van der Waals surface area (Å²) in [6, 6.07) is 8.16. The highest BCUT2D eigenvalue weighted by Crippen LogP contribution is 2.34. The molecule has 6 nitrogen and oxygen atoms in total. The number of carbonyl (C=O) groups excluding carboxylic acids is 1. The second kappa shape index (κ2) is 8.72. The minimum Gasteiger partial charge on any atom is -0.411 e. The largest absolute Gasteiger partial charge is 0.414 e. The van der Waals surface area contributed by atoms with Gasteiger partial charge in [0.15, 0.2) is 0 Å². The van der Waals surface area contributed by atoms with Crippen molar-refractivity contribution in [2.75, 3.05) is 14.1 Å². The Bertz CT molecular complexity index is 1030. The van der Waals surface area contributed by atoms with Crippen molar-refractivity contribution in [3.05, 3.63) is 67.2 Å². The van der Waals surface area contributed by atoms with Gasteiger partial charge in [0.1, 0.15) is 5.76 Å². The Balaban J connectivity index is 1.75. The standard InChI is InChI=1S/C21H23N4O2P/c1-5-8-17(27-21(26)24(3)4)12-11-15(2)25-14-16(13-22-25)20-23-18-9-6-7-10-19(18)28-20/h6-14,28H,2,5H2,1,3-4H3/b12-11-,17-8+. The molecule has 1 atom stereocenters. The summed E-state index contributed by atoms with van der Waals surface area (Å²) in [7, 11) is 3.81. The number of allylic oxidation sites excluding steroid dienone is 4. The molecule has 2 aromatic heterocycles. The van der Waals surface area contributed by atoms with E-state index in [0.717, 1.165) is 22.9 Å². The predicted molar refractivity (Wildman–Crippen MR) is 115 cm³/mol. The van der Waals surface area contributed by atoms with E-state index in [1.165, 1.54) is 10.0 Å². The van der Waals surface area contributed by atoms with E-state index in [2.05, 4.69) is 17.7 Å². The molecule has 0 saturated heterocycles. The molecule has 0 aliphatic carbocycles. The number of nitrogens with zero attached hydrogens (tertiary/aromatic N) is 4. The van der Waals surface area contributed by atoms with Gasteiger partial charge < -0.3 is 9.64 Å². The van der Waals surface area contributed by atoms with Gasteiger partial charge in [-0.1, -0.05) is 25.6 Å². The summed E-state index contributed by atoms with van der Waals surface area (Å²) in [6.45, 7) is 6.03. The third-order valence-electron chi connectivity index (χ3n) is 3.96. The van der Waals surface area contributed by atoms with E-state index in [9.17, 15) is 4.79 Å². The van der Waals surface area contributed by atoms with Crippen LogP contribution < -0.4 is 0 Å². The summed E-state index contributed by atoms with van der Waals surface area (Å²) >= 11 is 0. The van der Waals surface area contributed by atoms with Crippen molar-refractivity contribution >= 4 is 30.6 Å². The predicted octanol–water partition coefficient (Wildman–Crippen LogP) is 5.15. The van der Waals surface area contributed by atoms with Crippen LogP contribution in [0, 0.1) is 0 Å². The number of aromatic nitrogens is 3. The second-order valence-electron chi connectivity index (χ2n) is 6.38. The molecule has 0 N–H and O–H groups in total. The molecule has 0 fully saturated rings. The summed E-state index contributed by atoms with van der Waals surface area (Å²) in [5.74, 6) is 0.479. The van der Waals surface area contributed by atoms with Gasteiger partial charge in [-0.2, -0.15) is 5.10 Å². The Morgan fingerprint density at radius 3 is 2.82 bits per heavy atom. The molecule has 0 saturated carbocycles. The van der Waals surface area contributed by atoms with Crippen molar-refractivity contribution in [3.63, 3.8) is 0 Å². The van der Waals surface area contributed by atoms with E-state index in [1.807, 2.05) is 37.4 Å². The molecule has 2 heterocycles. The van der Waals surface area contributed by atoms with Crippen molar-refractivity contribution < 1.29 is 9.53 Å². The molecule has 1 amide bonds. The average molecular weight is 394 g/mol. The van der Waals surface area contributed by atoms with Gasteiger partial charge in [0.05, 0.1) is 22.8 Å². The molecule has 0 bridgehead atoms. The fraction of sp³-hybridized carbons (Fsp3) is 0.190. The lowest BCUT2D eigenvalue weighted by molar-refractivity contribution is 0.149. The molecule has 144 valence electrons. The van der Waals surface area contributed by atoms with Crippen molar-refractivity contribution in [1.82, 2.24) is 19.7 Å². The zero-order valence-electron chi connectivity index (χ0n) is 16.2. The van der Waals surface area contributed by atoms with Crippen LogP contribution >= 0.6 is 8.19 Å². The van der Waals surface area contributed by atoms with Crippen LogP contribution in [0.3, 0.4) is 0 Å². The quantitative estimate of drug-likeness (QED) is 0.429. The maximum atomic E-state index is 11.8. The van der Waals surface area contributed by atoms with Crippen LogP contribution in [-0.4, -0.2) is 39.9 Å². The van der Waals surface area contributed by atoms with Crippen molar-refractivity contribution in [2.24, 2.45) is 0 Å². The summed E-state index contributed by atoms with van der Waals surface area (Å²) < 4.78 is 7.03. The van der Waals surface area contributed by atoms with Crippen LogP contribution in [0.2, 0.25) is 0 Å². The lowest BCUT2D eigenvalue weighted by atomic mass is 10.3. The zero-order valence-corrected chi connectivity index (χ0v) is 17.2. The molecule has 3 rings (SSSR count). The highest BCUT2D eigenvalue weighted by atomic mass is 31.0. The molecule has 0 aliphatic heterocycles. The smallest absolute Gasteiger partial charge is 0.411 e. The topological polar surface area (TPSA) is 60.2 Å². The monoisotopic (exact) mass is 394 g/mol. The first-order valence-corrected chi connectivity index (χ1v) is 9.94. The van der Waals surface area contributed by atoms with Gasteiger partial charge in [0.25, 0.3) is 0 Å². The fourth-order valence-electron chi connectivity index (χ4n) is 2.48. The molecule has 0 radical (unpaired) electrons. The first-order chi connectivity index (χ1) is 13.5. The van der Waals surface area contributed by atoms with Crippen LogP contribution in [-0.2, 0) is 4.74 Å². The third-order valence-corrected chi connectivity index (χ3v) is 5.28.